The van der Waals surface area contributed by atoms with Crippen LogP contribution >= 0.6 is 0 Å². The largest absolute Gasteiger partial charge is 0.493 e. The minimum atomic E-state index is -2.94. The Morgan fingerprint density at radius 2 is 1.88 bits per heavy atom. The van der Waals surface area contributed by atoms with Crippen LogP contribution in [0.3, 0.4) is 0 Å². The molecule has 1 aliphatic heterocycles. The minimum Gasteiger partial charge on any atom is -0.493 e. The van der Waals surface area contributed by atoms with Gasteiger partial charge in [-0.2, -0.15) is 8.78 Å². The number of alkyl halides is 2. The number of carbonyl (C=O) groups excluding carboxylic acids is 1. The number of ether oxygens (including phenoxy) is 4. The van der Waals surface area contributed by atoms with Gasteiger partial charge in [-0.3, -0.25) is 0 Å². The molecule has 1 unspecified atom stereocenters. The molecular weight excluding hydrogens is 422 g/mol. The van der Waals surface area contributed by atoms with Gasteiger partial charge >= 0.3 is 12.6 Å². The second kappa shape index (κ2) is 9.50. The molecular formula is C23H26F2N2O5. The van der Waals surface area contributed by atoms with Crippen LogP contribution in [0, 0.1) is 5.92 Å². The molecule has 0 radical (unpaired) electrons. The van der Waals surface area contributed by atoms with E-state index >= 15 is 0 Å². The van der Waals surface area contributed by atoms with E-state index < -0.39 is 6.61 Å². The average molecular weight is 448 g/mol. The fourth-order valence-corrected chi connectivity index (χ4v) is 3.75. The Morgan fingerprint density at radius 3 is 2.56 bits per heavy atom. The number of rotatable bonds is 8. The van der Waals surface area contributed by atoms with Gasteiger partial charge in [0.2, 0.25) is 0 Å². The van der Waals surface area contributed by atoms with Gasteiger partial charge < -0.3 is 29.2 Å². The van der Waals surface area contributed by atoms with Crippen LogP contribution in [0.5, 0.6) is 23.0 Å². The summed E-state index contributed by atoms with van der Waals surface area (Å²) in [7, 11) is 3.06. The summed E-state index contributed by atoms with van der Waals surface area (Å²) in [6, 6.07) is 10.0. The second-order valence-electron chi connectivity index (χ2n) is 7.89. The van der Waals surface area contributed by atoms with Crippen molar-refractivity contribution in [2.45, 2.75) is 32.0 Å². The van der Waals surface area contributed by atoms with Crippen molar-refractivity contribution in [1.82, 2.24) is 10.2 Å². The summed E-state index contributed by atoms with van der Waals surface area (Å²) in [6.07, 6.45) is 2.10. The molecule has 1 saturated carbocycles. The van der Waals surface area contributed by atoms with Gasteiger partial charge in [-0.05, 0) is 54.2 Å². The average Bonchev–Trinajstić information content (AvgIpc) is 3.62. The number of fused-ring (bicyclic) bond motifs is 1. The molecule has 0 bridgehead atoms. The highest BCUT2D eigenvalue weighted by molar-refractivity contribution is 5.74. The van der Waals surface area contributed by atoms with Crippen LogP contribution < -0.4 is 24.3 Å². The Labute approximate surface area is 185 Å². The van der Waals surface area contributed by atoms with Crippen molar-refractivity contribution in [3.05, 3.63) is 47.5 Å². The SMILES string of the molecule is COc1cc(CN(C)C(=O)NC(c2ccc3c(c2)OCCO3)C2CC2)ccc1OC(F)F. The summed E-state index contributed by atoms with van der Waals surface area (Å²) in [6.45, 7) is -1.64. The summed E-state index contributed by atoms with van der Waals surface area (Å²) in [4.78, 5) is 14.5. The monoisotopic (exact) mass is 448 g/mol. The molecule has 0 spiro atoms. The molecule has 0 aromatic heterocycles. The van der Waals surface area contributed by atoms with Crippen molar-refractivity contribution >= 4 is 6.03 Å². The molecule has 0 saturated heterocycles. The number of halogens is 2. The number of hydrogen-bond acceptors (Lipinski definition) is 5. The van der Waals surface area contributed by atoms with Crippen molar-refractivity contribution in [1.29, 1.82) is 0 Å². The maximum Gasteiger partial charge on any atom is 0.387 e. The fraction of sp³-hybridized carbons (Fsp3) is 0.435. The first kappa shape index (κ1) is 22.0. The zero-order valence-corrected chi connectivity index (χ0v) is 18.0. The first-order chi connectivity index (χ1) is 15.4. The van der Waals surface area contributed by atoms with Crippen LogP contribution in [0.1, 0.15) is 30.0 Å². The number of urea groups is 1. The highest BCUT2D eigenvalue weighted by Gasteiger charge is 2.34. The highest BCUT2D eigenvalue weighted by Crippen LogP contribution is 2.43. The number of hydrogen-bond donors (Lipinski definition) is 1. The summed E-state index contributed by atoms with van der Waals surface area (Å²) < 4.78 is 45.9. The lowest BCUT2D eigenvalue weighted by Crippen LogP contribution is -2.39. The zero-order valence-electron chi connectivity index (χ0n) is 18.0. The normalized spacial score (nSPS) is 15.8. The minimum absolute atomic E-state index is 0.0502. The molecule has 2 amide bonds. The molecule has 4 rings (SSSR count). The predicted octanol–water partition coefficient (Wildman–Crippen LogP) is 4.36. The molecule has 7 nitrogen and oxygen atoms in total. The number of methoxy groups -OCH3 is 1. The molecule has 1 fully saturated rings. The first-order valence-corrected chi connectivity index (χ1v) is 10.5. The van der Waals surface area contributed by atoms with Gasteiger partial charge in [0.25, 0.3) is 0 Å². The van der Waals surface area contributed by atoms with E-state index in [1.807, 2.05) is 18.2 Å². The van der Waals surface area contributed by atoms with Gasteiger partial charge in [0, 0.05) is 13.6 Å². The molecule has 1 atom stereocenters. The Bertz CT molecular complexity index is 967. The van der Waals surface area contributed by atoms with Crippen molar-refractivity contribution in [2.24, 2.45) is 5.92 Å². The van der Waals surface area contributed by atoms with Crippen LogP contribution in [0.25, 0.3) is 0 Å². The van der Waals surface area contributed by atoms with Gasteiger partial charge in [0.15, 0.2) is 23.0 Å². The van der Waals surface area contributed by atoms with Crippen molar-refractivity contribution in [3.8, 4) is 23.0 Å². The highest BCUT2D eigenvalue weighted by atomic mass is 19.3. The Kier molecular flexibility index (Phi) is 6.53. The lowest BCUT2D eigenvalue weighted by molar-refractivity contribution is -0.0512. The lowest BCUT2D eigenvalue weighted by Gasteiger charge is -2.26. The molecule has 1 aliphatic carbocycles. The summed E-state index contributed by atoms with van der Waals surface area (Å²) in [5.41, 5.74) is 1.71. The van der Waals surface area contributed by atoms with Crippen LogP contribution in [0.2, 0.25) is 0 Å². The maximum atomic E-state index is 12.9. The predicted molar refractivity (Wildman–Crippen MR) is 113 cm³/mol. The van der Waals surface area contributed by atoms with Crippen LogP contribution in [-0.4, -0.2) is 44.9 Å². The molecule has 2 aliphatic rings. The second-order valence-corrected chi connectivity index (χ2v) is 7.89. The van der Waals surface area contributed by atoms with E-state index in [4.69, 9.17) is 14.2 Å². The van der Waals surface area contributed by atoms with E-state index in [1.54, 1.807) is 19.2 Å². The number of carbonyl (C=O) groups is 1. The van der Waals surface area contributed by atoms with Gasteiger partial charge in [0.05, 0.1) is 13.2 Å². The quantitative estimate of drug-likeness (QED) is 0.650. The molecule has 2 aromatic rings. The number of nitrogens with one attached hydrogen (secondary N) is 1. The molecule has 2 aromatic carbocycles. The third-order valence-corrected chi connectivity index (χ3v) is 5.51. The molecule has 172 valence electrons. The smallest absolute Gasteiger partial charge is 0.387 e. The van der Waals surface area contributed by atoms with Crippen molar-refractivity contribution in [3.63, 3.8) is 0 Å². The van der Waals surface area contributed by atoms with Gasteiger partial charge in [0.1, 0.15) is 13.2 Å². The summed E-state index contributed by atoms with van der Waals surface area (Å²) >= 11 is 0. The maximum absolute atomic E-state index is 12.9. The summed E-state index contributed by atoms with van der Waals surface area (Å²) in [5, 5.41) is 3.12. The molecule has 9 heteroatoms. The van der Waals surface area contributed by atoms with Gasteiger partial charge in [-0.15, -0.1) is 0 Å². The van der Waals surface area contributed by atoms with E-state index in [0.29, 0.717) is 30.6 Å². The van der Waals surface area contributed by atoms with Crippen molar-refractivity contribution in [2.75, 3.05) is 27.4 Å². The number of amides is 2. The van der Waals surface area contributed by atoms with Gasteiger partial charge in [-0.1, -0.05) is 12.1 Å². The van der Waals surface area contributed by atoms with Gasteiger partial charge in [-0.25, -0.2) is 4.79 Å². The zero-order chi connectivity index (χ0) is 22.7. The van der Waals surface area contributed by atoms with Crippen LogP contribution in [-0.2, 0) is 6.54 Å². The number of benzene rings is 2. The van der Waals surface area contributed by atoms with E-state index in [2.05, 4.69) is 10.1 Å². The standard InChI is InChI=1S/C23H26F2N2O5/c1-27(13-14-3-7-18(32-22(24)25)19(11-14)29-2)23(28)26-21(15-4-5-15)16-6-8-17-20(12-16)31-10-9-30-17/h3,6-8,11-12,15,21-22H,4-5,9-10,13H2,1-2H3,(H,26,28). The molecule has 32 heavy (non-hydrogen) atoms. The first-order valence-electron chi connectivity index (χ1n) is 10.5. The Balaban J connectivity index is 1.43. The van der Waals surface area contributed by atoms with E-state index in [9.17, 15) is 13.6 Å². The Morgan fingerprint density at radius 1 is 1.12 bits per heavy atom. The Hall–Kier alpha value is -3.23. The topological polar surface area (TPSA) is 69.3 Å². The molecule has 1 N–H and O–H groups in total. The van der Waals surface area contributed by atoms with E-state index in [0.717, 1.165) is 24.0 Å². The van der Waals surface area contributed by atoms with Crippen molar-refractivity contribution < 1.29 is 32.5 Å². The van der Waals surface area contributed by atoms with E-state index in [1.165, 1.54) is 18.1 Å². The fourth-order valence-electron chi connectivity index (χ4n) is 3.75. The lowest BCUT2D eigenvalue weighted by atomic mass is 10.0. The third-order valence-electron chi connectivity index (χ3n) is 5.51. The summed E-state index contributed by atoms with van der Waals surface area (Å²) in [5.74, 6) is 1.92. The number of nitrogens with zero attached hydrogens (tertiary/aromatic N) is 1. The van der Waals surface area contributed by atoms with E-state index in [-0.39, 0.29) is 30.1 Å². The van der Waals surface area contributed by atoms with Crippen LogP contribution in [0.4, 0.5) is 13.6 Å². The third kappa shape index (κ3) is 5.15. The molecule has 1 heterocycles. The van der Waals surface area contributed by atoms with Crippen LogP contribution in [0.15, 0.2) is 36.4 Å².